The van der Waals surface area contributed by atoms with Crippen molar-refractivity contribution in [1.82, 2.24) is 9.72 Å². The van der Waals surface area contributed by atoms with E-state index in [2.05, 4.69) is 5.32 Å². The van der Waals surface area contributed by atoms with Gasteiger partial charge in [-0.15, -0.1) is 0 Å². The number of carbonyl (C=O) groups excluding carboxylic acids is 1. The Kier molecular flexibility index (Phi) is 2.56. The largest absolute Gasteiger partial charge is 0.397 e. The Bertz CT molecular complexity index is 542. The Morgan fingerprint density at radius 1 is 1.50 bits per heavy atom. The van der Waals surface area contributed by atoms with Crippen molar-refractivity contribution in [1.29, 1.82) is 0 Å². The van der Waals surface area contributed by atoms with E-state index >= 15 is 0 Å². The average Bonchev–Trinajstić information content (AvgIpc) is 2.53. The first-order chi connectivity index (χ1) is 7.66. The SMILES string of the molecule is CCNC(=O)c1c(C)c(N)c2ccccn12. The summed E-state index contributed by atoms with van der Waals surface area (Å²) in [5.41, 5.74) is 8.97. The highest BCUT2D eigenvalue weighted by Gasteiger charge is 2.17. The Labute approximate surface area is 94.1 Å². The highest BCUT2D eigenvalue weighted by atomic mass is 16.1. The van der Waals surface area contributed by atoms with Gasteiger partial charge >= 0.3 is 0 Å². The fourth-order valence-corrected chi connectivity index (χ4v) is 1.88. The topological polar surface area (TPSA) is 59.5 Å². The predicted molar refractivity (Wildman–Crippen MR) is 64.6 cm³/mol. The Hall–Kier alpha value is -1.97. The number of nitrogens with two attached hydrogens (primary N) is 1. The minimum atomic E-state index is -0.0853. The first kappa shape index (κ1) is 10.5. The van der Waals surface area contributed by atoms with Crippen LogP contribution in [0.1, 0.15) is 23.0 Å². The molecule has 0 saturated carbocycles. The number of rotatable bonds is 2. The molecule has 2 rings (SSSR count). The first-order valence-electron chi connectivity index (χ1n) is 5.30. The summed E-state index contributed by atoms with van der Waals surface area (Å²) >= 11 is 0. The average molecular weight is 217 g/mol. The maximum atomic E-state index is 11.9. The van der Waals surface area contributed by atoms with Crippen molar-refractivity contribution in [3.8, 4) is 0 Å². The summed E-state index contributed by atoms with van der Waals surface area (Å²) in [6.07, 6.45) is 1.85. The third-order valence-electron chi connectivity index (χ3n) is 2.69. The second-order valence-electron chi connectivity index (χ2n) is 3.70. The van der Waals surface area contributed by atoms with Gasteiger partial charge in [-0.2, -0.15) is 0 Å². The zero-order valence-corrected chi connectivity index (χ0v) is 9.45. The minimum absolute atomic E-state index is 0.0853. The fraction of sp³-hybridized carbons (Fsp3) is 0.250. The van der Waals surface area contributed by atoms with Crippen LogP contribution in [0.25, 0.3) is 5.52 Å². The van der Waals surface area contributed by atoms with Crippen molar-refractivity contribution in [2.75, 3.05) is 12.3 Å². The molecule has 2 aromatic rings. The van der Waals surface area contributed by atoms with Gasteiger partial charge in [0.25, 0.3) is 5.91 Å². The summed E-state index contributed by atoms with van der Waals surface area (Å²) in [7, 11) is 0. The fourth-order valence-electron chi connectivity index (χ4n) is 1.88. The van der Waals surface area contributed by atoms with Crippen LogP contribution in [0.5, 0.6) is 0 Å². The molecule has 2 aromatic heterocycles. The number of aromatic nitrogens is 1. The van der Waals surface area contributed by atoms with Crippen molar-refractivity contribution >= 4 is 17.1 Å². The van der Waals surface area contributed by atoms with Crippen LogP contribution in [0.3, 0.4) is 0 Å². The van der Waals surface area contributed by atoms with E-state index < -0.39 is 0 Å². The van der Waals surface area contributed by atoms with E-state index in [1.54, 1.807) is 0 Å². The van der Waals surface area contributed by atoms with Crippen molar-refractivity contribution in [3.63, 3.8) is 0 Å². The highest BCUT2D eigenvalue weighted by molar-refractivity contribution is 5.99. The summed E-state index contributed by atoms with van der Waals surface area (Å²) in [6, 6.07) is 5.70. The van der Waals surface area contributed by atoms with Gasteiger partial charge in [0.2, 0.25) is 0 Å². The lowest BCUT2D eigenvalue weighted by molar-refractivity contribution is 0.0949. The molecule has 4 nitrogen and oxygen atoms in total. The molecule has 84 valence electrons. The molecule has 0 unspecified atom stereocenters. The second kappa shape index (κ2) is 3.89. The number of hydrogen-bond donors (Lipinski definition) is 2. The highest BCUT2D eigenvalue weighted by Crippen LogP contribution is 2.24. The van der Waals surface area contributed by atoms with Crippen LogP contribution >= 0.6 is 0 Å². The second-order valence-corrected chi connectivity index (χ2v) is 3.70. The number of pyridine rings is 1. The number of nitrogens with one attached hydrogen (secondary N) is 1. The van der Waals surface area contributed by atoms with Gasteiger partial charge in [0, 0.05) is 18.3 Å². The monoisotopic (exact) mass is 217 g/mol. The van der Waals surface area contributed by atoms with Crippen LogP contribution in [0.2, 0.25) is 0 Å². The molecule has 0 fully saturated rings. The number of hydrogen-bond acceptors (Lipinski definition) is 2. The molecule has 4 heteroatoms. The third kappa shape index (κ3) is 1.43. The number of nitrogen functional groups attached to an aromatic ring is 1. The van der Waals surface area contributed by atoms with Crippen molar-refractivity contribution in [2.24, 2.45) is 0 Å². The van der Waals surface area contributed by atoms with E-state index in [-0.39, 0.29) is 5.91 Å². The van der Waals surface area contributed by atoms with E-state index in [1.165, 1.54) is 0 Å². The molecule has 0 bridgehead atoms. The molecule has 0 aliphatic heterocycles. The minimum Gasteiger partial charge on any atom is -0.397 e. The van der Waals surface area contributed by atoms with Crippen LogP contribution in [0, 0.1) is 6.92 Å². The van der Waals surface area contributed by atoms with Gasteiger partial charge in [-0.3, -0.25) is 4.79 Å². The van der Waals surface area contributed by atoms with E-state index in [1.807, 2.05) is 42.6 Å². The Morgan fingerprint density at radius 2 is 2.25 bits per heavy atom. The van der Waals surface area contributed by atoms with Crippen molar-refractivity contribution in [3.05, 3.63) is 35.7 Å². The molecule has 0 aromatic carbocycles. The maximum absolute atomic E-state index is 11.9. The molecule has 0 spiro atoms. The molecule has 1 amide bonds. The van der Waals surface area contributed by atoms with E-state index in [0.717, 1.165) is 11.1 Å². The molecule has 0 aliphatic carbocycles. The molecule has 0 atom stereocenters. The van der Waals surface area contributed by atoms with E-state index in [4.69, 9.17) is 5.73 Å². The van der Waals surface area contributed by atoms with Gasteiger partial charge in [0.1, 0.15) is 5.69 Å². The molecule has 3 N–H and O–H groups in total. The zero-order chi connectivity index (χ0) is 11.7. The Balaban J connectivity index is 2.68. The van der Waals surface area contributed by atoms with Gasteiger partial charge < -0.3 is 15.5 Å². The molecule has 0 saturated heterocycles. The Morgan fingerprint density at radius 3 is 2.94 bits per heavy atom. The van der Waals surface area contributed by atoms with Gasteiger partial charge in [-0.05, 0) is 26.0 Å². The van der Waals surface area contributed by atoms with Crippen molar-refractivity contribution in [2.45, 2.75) is 13.8 Å². The molecule has 0 aliphatic rings. The summed E-state index contributed by atoms with van der Waals surface area (Å²) in [6.45, 7) is 4.37. The van der Waals surface area contributed by atoms with Crippen LogP contribution in [0.4, 0.5) is 5.69 Å². The van der Waals surface area contributed by atoms with Gasteiger partial charge in [-0.1, -0.05) is 6.07 Å². The van der Waals surface area contributed by atoms with Gasteiger partial charge in [0.05, 0.1) is 11.2 Å². The summed E-state index contributed by atoms with van der Waals surface area (Å²) in [5.74, 6) is -0.0853. The summed E-state index contributed by atoms with van der Waals surface area (Å²) in [5, 5.41) is 2.79. The van der Waals surface area contributed by atoms with E-state index in [9.17, 15) is 4.79 Å². The molecule has 0 radical (unpaired) electrons. The first-order valence-corrected chi connectivity index (χ1v) is 5.30. The third-order valence-corrected chi connectivity index (χ3v) is 2.69. The number of amides is 1. The predicted octanol–water partition coefficient (Wildman–Crippen LogP) is 1.58. The maximum Gasteiger partial charge on any atom is 0.268 e. The van der Waals surface area contributed by atoms with Crippen LogP contribution in [0.15, 0.2) is 24.4 Å². The molecular formula is C12H15N3O. The molecular weight excluding hydrogens is 202 g/mol. The van der Waals surface area contributed by atoms with Gasteiger partial charge in [0.15, 0.2) is 0 Å². The summed E-state index contributed by atoms with van der Waals surface area (Å²) in [4.78, 5) is 11.9. The van der Waals surface area contributed by atoms with E-state index in [0.29, 0.717) is 17.9 Å². The summed E-state index contributed by atoms with van der Waals surface area (Å²) < 4.78 is 1.83. The van der Waals surface area contributed by atoms with Crippen LogP contribution in [-0.4, -0.2) is 16.9 Å². The van der Waals surface area contributed by atoms with Gasteiger partial charge in [-0.25, -0.2) is 0 Å². The number of nitrogens with zero attached hydrogens (tertiary/aromatic N) is 1. The number of carbonyl (C=O) groups is 1. The smallest absolute Gasteiger partial charge is 0.268 e. The number of anilines is 1. The van der Waals surface area contributed by atoms with Crippen LogP contribution in [-0.2, 0) is 0 Å². The molecule has 16 heavy (non-hydrogen) atoms. The molecule has 2 heterocycles. The lowest BCUT2D eigenvalue weighted by Gasteiger charge is -2.03. The normalized spacial score (nSPS) is 10.6. The lowest BCUT2D eigenvalue weighted by atomic mass is 10.2. The lowest BCUT2D eigenvalue weighted by Crippen LogP contribution is -2.24. The quantitative estimate of drug-likeness (QED) is 0.802. The standard InChI is InChI=1S/C12H15N3O/c1-3-14-12(16)11-8(2)10(13)9-6-4-5-7-15(9)11/h4-7H,3,13H2,1-2H3,(H,14,16). The number of fused-ring (bicyclic) bond motifs is 1. The van der Waals surface area contributed by atoms with Crippen molar-refractivity contribution < 1.29 is 4.79 Å². The zero-order valence-electron chi connectivity index (χ0n) is 9.45. The van der Waals surface area contributed by atoms with Crippen LogP contribution < -0.4 is 11.1 Å².